The van der Waals surface area contributed by atoms with Gasteiger partial charge in [0.25, 0.3) is 0 Å². The highest BCUT2D eigenvalue weighted by Gasteiger charge is 2.38. The maximum atomic E-state index is 13.8. The molecule has 0 saturated carbocycles. The highest BCUT2D eigenvalue weighted by atomic mass is 16.6. The minimum atomic E-state index is -1.09. The monoisotopic (exact) mass is 761 g/mol. The van der Waals surface area contributed by atoms with Crippen molar-refractivity contribution in [3.63, 3.8) is 0 Å². The molecule has 0 aliphatic carbocycles. The molecule has 12 unspecified atom stereocenters. The Labute approximate surface area is 325 Å². The van der Waals surface area contributed by atoms with Crippen LogP contribution in [0.1, 0.15) is 82.1 Å². The van der Waals surface area contributed by atoms with Crippen LogP contribution in [0.4, 0.5) is 0 Å². The van der Waals surface area contributed by atoms with Crippen molar-refractivity contribution in [1.82, 2.24) is 5.32 Å². The lowest BCUT2D eigenvalue weighted by Gasteiger charge is -2.34. The molecular formula is C43H72N2O9. The lowest BCUT2D eigenvalue weighted by atomic mass is 9.79. The van der Waals surface area contributed by atoms with Gasteiger partial charge in [0, 0.05) is 43.2 Å². The number of aliphatic hydroxyl groups is 4. The zero-order valence-corrected chi connectivity index (χ0v) is 34.9. The normalized spacial score (nSPS) is 32.1. The van der Waals surface area contributed by atoms with Gasteiger partial charge in [-0.2, -0.15) is 0 Å². The fourth-order valence-corrected chi connectivity index (χ4v) is 6.71. The van der Waals surface area contributed by atoms with E-state index in [0.717, 1.165) is 12.1 Å². The van der Waals surface area contributed by atoms with E-state index in [1.807, 2.05) is 79.7 Å². The molecule has 1 aliphatic heterocycles. The molecule has 12 atom stereocenters. The minimum absolute atomic E-state index is 0.0606. The first-order valence-corrected chi connectivity index (χ1v) is 19.5. The maximum absolute atomic E-state index is 13.8. The van der Waals surface area contributed by atoms with Crippen LogP contribution in [0.15, 0.2) is 76.7 Å². The quantitative estimate of drug-likeness (QED) is 0.0412. The van der Waals surface area contributed by atoms with Gasteiger partial charge in [-0.05, 0) is 58.2 Å². The largest absolute Gasteiger partial charge is 0.490 e. The van der Waals surface area contributed by atoms with E-state index in [9.17, 15) is 25.2 Å². The molecule has 308 valence electrons. The Kier molecular flexibility index (Phi) is 23.5. The molecule has 5 N–H and O–H groups in total. The van der Waals surface area contributed by atoms with Crippen LogP contribution in [0.2, 0.25) is 0 Å². The third kappa shape index (κ3) is 16.0. The number of allylic oxidation sites excluding steroid dienone is 7. The molecule has 1 rings (SSSR count). The van der Waals surface area contributed by atoms with Crippen molar-refractivity contribution in [3.05, 3.63) is 71.6 Å². The van der Waals surface area contributed by atoms with Gasteiger partial charge in [-0.15, -0.1) is 0 Å². The third-order valence-corrected chi connectivity index (χ3v) is 10.3. The second-order valence-electron chi connectivity index (χ2n) is 14.8. The zero-order chi connectivity index (χ0) is 41.0. The van der Waals surface area contributed by atoms with Crippen LogP contribution < -0.4 is 5.32 Å². The van der Waals surface area contributed by atoms with E-state index in [1.165, 1.54) is 14.2 Å². The number of hydrogen-bond acceptors (Lipinski definition) is 11. The van der Waals surface area contributed by atoms with Crippen molar-refractivity contribution in [2.75, 3.05) is 33.9 Å². The van der Waals surface area contributed by atoms with E-state index in [-0.39, 0.29) is 29.4 Å². The van der Waals surface area contributed by atoms with Crippen LogP contribution in [0, 0.1) is 35.5 Å². The van der Waals surface area contributed by atoms with E-state index < -0.39 is 54.4 Å². The molecule has 0 aromatic rings. The lowest BCUT2D eigenvalue weighted by Crippen LogP contribution is -2.45. The van der Waals surface area contributed by atoms with Crippen LogP contribution in [0.5, 0.6) is 0 Å². The van der Waals surface area contributed by atoms with Crippen molar-refractivity contribution in [2.45, 2.75) is 119 Å². The van der Waals surface area contributed by atoms with Gasteiger partial charge < -0.3 is 44.8 Å². The number of esters is 1. The number of cyclic esters (lactones) is 1. The van der Waals surface area contributed by atoms with Crippen molar-refractivity contribution >= 4 is 11.7 Å². The second-order valence-corrected chi connectivity index (χ2v) is 14.8. The molecule has 0 fully saturated rings. The summed E-state index contributed by atoms with van der Waals surface area (Å²) in [4.78, 5) is 19.4. The molecule has 11 nitrogen and oxygen atoms in total. The van der Waals surface area contributed by atoms with Gasteiger partial charge in [0.05, 0.1) is 37.2 Å². The van der Waals surface area contributed by atoms with Gasteiger partial charge in [0.15, 0.2) is 0 Å². The van der Waals surface area contributed by atoms with Crippen molar-refractivity contribution in [3.8, 4) is 0 Å². The fourth-order valence-electron chi connectivity index (χ4n) is 6.71. The number of nitrogens with zero attached hydrogens (tertiary/aromatic N) is 1. The summed E-state index contributed by atoms with van der Waals surface area (Å²) in [7, 11) is 2.90. The molecule has 54 heavy (non-hydrogen) atoms. The Hall–Kier alpha value is -3.06. The minimum Gasteiger partial charge on any atom is -0.490 e. The molecule has 1 aliphatic rings. The Morgan fingerprint density at radius 1 is 1.09 bits per heavy atom. The third-order valence-electron chi connectivity index (χ3n) is 10.3. The standard InChI is InChI=1S/C43H72N2O9/c1-13-17-36(46)29(6)20-21-35(45-53-23-22-44-15-3)32(9)41(49)33(10)42-37(51-11)19-16-18-27(4)24-30(7)39(47)34(14-2)40(48)31(8)25-28(5)26-38(52-12)43(50)54-42/h13,16-21,25-26,29-34,36-37,39-42,44,46-49H,14-15,22-24H2,1-12H3/b17-13+,19-16+,21-20+,27-18+,28-25+,38-26-,45-35+. The molecule has 0 bridgehead atoms. The molecular weight excluding hydrogens is 688 g/mol. The molecule has 0 amide bonds. The maximum Gasteiger partial charge on any atom is 0.373 e. The predicted octanol–water partition coefficient (Wildman–Crippen LogP) is 6.06. The number of nitrogens with one attached hydrogen (secondary N) is 1. The van der Waals surface area contributed by atoms with Gasteiger partial charge >= 0.3 is 5.97 Å². The van der Waals surface area contributed by atoms with Crippen molar-refractivity contribution in [2.24, 2.45) is 40.7 Å². The number of rotatable bonds is 16. The molecule has 0 aromatic carbocycles. The average Bonchev–Trinajstić information content (AvgIpc) is 3.14. The summed E-state index contributed by atoms with van der Waals surface area (Å²) >= 11 is 0. The lowest BCUT2D eigenvalue weighted by molar-refractivity contribution is -0.161. The first-order valence-electron chi connectivity index (χ1n) is 19.5. The number of aliphatic hydroxyl groups excluding tert-OH is 4. The fraction of sp³-hybridized carbons (Fsp3) is 0.674. The number of hydrogen-bond donors (Lipinski definition) is 5. The van der Waals surface area contributed by atoms with E-state index in [1.54, 1.807) is 44.2 Å². The Bertz CT molecular complexity index is 1320. The molecule has 11 heteroatoms. The SMILES string of the molecule is C/C=C/C(O)C(C)/C=C/C(=N\OCCNCC)C(C)C(O)C(C)C1OC(=O)/C(OC)=C/C(C)=C/C(C)C(O)C(CC)C(O)C(C)C/C(C)=C/C=C/C1OC. The topological polar surface area (TPSA) is 159 Å². The van der Waals surface area contributed by atoms with Crippen LogP contribution in [-0.4, -0.2) is 103 Å². The summed E-state index contributed by atoms with van der Waals surface area (Å²) in [6.07, 6.45) is 12.2. The zero-order valence-electron chi connectivity index (χ0n) is 34.9. The van der Waals surface area contributed by atoms with E-state index in [2.05, 4.69) is 10.5 Å². The second kappa shape index (κ2) is 25.9. The number of oxime groups is 1. The smallest absolute Gasteiger partial charge is 0.373 e. The van der Waals surface area contributed by atoms with E-state index in [0.29, 0.717) is 37.3 Å². The van der Waals surface area contributed by atoms with Crippen LogP contribution in [-0.2, 0) is 23.8 Å². The van der Waals surface area contributed by atoms with Crippen molar-refractivity contribution in [1.29, 1.82) is 0 Å². The van der Waals surface area contributed by atoms with Gasteiger partial charge in [-0.25, -0.2) is 4.79 Å². The number of methoxy groups -OCH3 is 2. The molecule has 0 aromatic heterocycles. The molecule has 0 radical (unpaired) electrons. The molecule has 0 saturated heterocycles. The van der Waals surface area contributed by atoms with Crippen LogP contribution in [0.25, 0.3) is 0 Å². The summed E-state index contributed by atoms with van der Waals surface area (Å²) in [6.45, 7) is 20.7. The Morgan fingerprint density at radius 3 is 2.37 bits per heavy atom. The number of ether oxygens (including phenoxy) is 3. The van der Waals surface area contributed by atoms with Crippen LogP contribution >= 0.6 is 0 Å². The summed E-state index contributed by atoms with van der Waals surface area (Å²) in [5, 5.41) is 52.6. The van der Waals surface area contributed by atoms with Gasteiger partial charge in [0.1, 0.15) is 18.8 Å². The first-order chi connectivity index (χ1) is 25.6. The Balaban J connectivity index is 3.72. The predicted molar refractivity (Wildman–Crippen MR) is 217 cm³/mol. The number of likely N-dealkylation sites (N-methyl/N-ethyl adjacent to an activating group) is 1. The summed E-state index contributed by atoms with van der Waals surface area (Å²) in [5.74, 6) is -3.10. The first kappa shape index (κ1) is 49.0. The summed E-state index contributed by atoms with van der Waals surface area (Å²) in [5.41, 5.74) is 2.14. The van der Waals surface area contributed by atoms with E-state index in [4.69, 9.17) is 19.0 Å². The number of carbonyl (C=O) groups excluding carboxylic acids is 1. The highest BCUT2D eigenvalue weighted by Crippen LogP contribution is 2.30. The van der Waals surface area contributed by atoms with Crippen LogP contribution in [0.3, 0.4) is 0 Å². The summed E-state index contributed by atoms with van der Waals surface area (Å²) in [6, 6.07) is 0. The Morgan fingerprint density at radius 2 is 1.78 bits per heavy atom. The van der Waals surface area contributed by atoms with Gasteiger partial charge in [-0.3, -0.25) is 0 Å². The van der Waals surface area contributed by atoms with Gasteiger partial charge in [0.2, 0.25) is 5.76 Å². The summed E-state index contributed by atoms with van der Waals surface area (Å²) < 4.78 is 17.6. The average molecular weight is 761 g/mol. The van der Waals surface area contributed by atoms with E-state index >= 15 is 0 Å². The highest BCUT2D eigenvalue weighted by molar-refractivity contribution is 5.96. The number of carbonyl (C=O) groups is 1. The molecule has 0 spiro atoms. The van der Waals surface area contributed by atoms with Gasteiger partial charge in [-0.1, -0.05) is 107 Å². The van der Waals surface area contributed by atoms with Crippen molar-refractivity contribution < 1.29 is 44.3 Å². The molecule has 1 heterocycles.